The number of carbonyl (C=O) groups excluding carboxylic acids is 1. The molecular formula is C29H33F2N3O4. The summed E-state index contributed by atoms with van der Waals surface area (Å²) in [5.74, 6) is 0.284. The molecule has 3 aromatic rings. The summed E-state index contributed by atoms with van der Waals surface area (Å²) < 4.78 is 42.3. The molecule has 1 unspecified atom stereocenters. The van der Waals surface area contributed by atoms with E-state index in [0.717, 1.165) is 43.4 Å². The highest BCUT2D eigenvalue weighted by atomic mass is 19.1. The van der Waals surface area contributed by atoms with Gasteiger partial charge in [0.05, 0.1) is 19.7 Å². The van der Waals surface area contributed by atoms with Crippen molar-refractivity contribution in [1.29, 1.82) is 0 Å². The molecule has 0 amide bonds. The van der Waals surface area contributed by atoms with Crippen molar-refractivity contribution in [3.8, 4) is 11.6 Å². The molecule has 1 saturated carbocycles. The zero-order valence-corrected chi connectivity index (χ0v) is 21.6. The maximum absolute atomic E-state index is 13.8. The lowest BCUT2D eigenvalue weighted by molar-refractivity contribution is 0.122. The molecule has 0 radical (unpaired) electrons. The van der Waals surface area contributed by atoms with E-state index in [2.05, 4.69) is 15.0 Å². The number of fused-ring (bicyclic) bond motifs is 1. The molecule has 1 fully saturated rings. The van der Waals surface area contributed by atoms with Crippen molar-refractivity contribution in [2.75, 3.05) is 20.8 Å². The standard InChI is InChI=1S/C29H33F2N3O4/c1-36-27-14-11-23-26(38-29(35)37-2)13-7-20(28(23)34-27)17-25(32)18-5-9-22(10-6-18)33-15-3-4-19-16-21(30)8-12-24(19)31/h3-4,7-8,11-14,16,18,22,25,33H,5-6,9-10,15,17,32H2,1-2H3/b4-3+/t18-,22-,25?. The SMILES string of the molecule is COC(=O)Oc1ccc(CC(N)[C@H]2CC[C@H](NC/C=C/c3cc(F)ccc3F)CC2)c2nc(OC)ccc12. The van der Waals surface area contributed by atoms with Crippen molar-refractivity contribution in [3.05, 3.63) is 71.3 Å². The molecule has 0 spiro atoms. The average Bonchev–Trinajstić information content (AvgIpc) is 2.94. The first-order chi connectivity index (χ1) is 18.4. The Morgan fingerprint density at radius 1 is 1.13 bits per heavy atom. The van der Waals surface area contributed by atoms with E-state index >= 15 is 0 Å². The molecule has 1 aromatic heterocycles. The zero-order valence-electron chi connectivity index (χ0n) is 21.6. The van der Waals surface area contributed by atoms with E-state index in [-0.39, 0.29) is 11.6 Å². The zero-order chi connectivity index (χ0) is 27.1. The Morgan fingerprint density at radius 3 is 2.66 bits per heavy atom. The molecule has 1 atom stereocenters. The molecule has 0 aliphatic heterocycles. The van der Waals surface area contributed by atoms with Gasteiger partial charge < -0.3 is 25.3 Å². The van der Waals surface area contributed by atoms with Gasteiger partial charge in [0.1, 0.15) is 17.4 Å². The van der Waals surface area contributed by atoms with E-state index in [4.69, 9.17) is 15.2 Å². The van der Waals surface area contributed by atoms with Crippen molar-refractivity contribution >= 4 is 23.1 Å². The van der Waals surface area contributed by atoms with Crippen LogP contribution in [0.25, 0.3) is 17.0 Å². The van der Waals surface area contributed by atoms with Gasteiger partial charge in [0.25, 0.3) is 0 Å². The molecule has 202 valence electrons. The lowest BCUT2D eigenvalue weighted by atomic mass is 9.80. The van der Waals surface area contributed by atoms with Crippen LogP contribution in [0.2, 0.25) is 0 Å². The van der Waals surface area contributed by atoms with Gasteiger partial charge in [-0.25, -0.2) is 18.6 Å². The number of hydrogen-bond acceptors (Lipinski definition) is 7. The van der Waals surface area contributed by atoms with Gasteiger partial charge in [-0.2, -0.15) is 0 Å². The van der Waals surface area contributed by atoms with Gasteiger partial charge in [-0.1, -0.05) is 18.2 Å². The average molecular weight is 526 g/mol. The number of ether oxygens (including phenoxy) is 3. The van der Waals surface area contributed by atoms with Crippen LogP contribution in [-0.4, -0.2) is 44.0 Å². The van der Waals surface area contributed by atoms with Gasteiger partial charge in [-0.3, -0.25) is 0 Å². The Morgan fingerprint density at radius 2 is 1.92 bits per heavy atom. The van der Waals surface area contributed by atoms with E-state index in [1.54, 1.807) is 25.3 Å². The minimum atomic E-state index is -0.798. The summed E-state index contributed by atoms with van der Waals surface area (Å²) in [6.45, 7) is 0.580. The highest BCUT2D eigenvalue weighted by Crippen LogP contribution is 2.33. The third-order valence-corrected chi connectivity index (χ3v) is 7.06. The molecule has 7 nitrogen and oxygen atoms in total. The third-order valence-electron chi connectivity index (χ3n) is 7.06. The van der Waals surface area contributed by atoms with E-state index in [1.165, 1.54) is 13.2 Å². The van der Waals surface area contributed by atoms with Crippen molar-refractivity contribution < 1.29 is 27.8 Å². The molecule has 1 aliphatic rings. The molecule has 0 saturated heterocycles. The van der Waals surface area contributed by atoms with Crippen molar-refractivity contribution in [2.45, 2.75) is 44.2 Å². The molecule has 9 heteroatoms. The Balaban J connectivity index is 1.34. The van der Waals surface area contributed by atoms with Crippen LogP contribution < -0.4 is 20.5 Å². The largest absolute Gasteiger partial charge is 0.513 e. The van der Waals surface area contributed by atoms with Gasteiger partial charge in [-0.15, -0.1) is 0 Å². The summed E-state index contributed by atoms with van der Waals surface area (Å²) in [6.07, 6.45) is 7.18. The lowest BCUT2D eigenvalue weighted by Gasteiger charge is -2.32. The maximum atomic E-state index is 13.8. The number of carbonyl (C=O) groups is 1. The molecule has 0 bridgehead atoms. The van der Waals surface area contributed by atoms with Gasteiger partial charge in [0, 0.05) is 35.6 Å². The maximum Gasteiger partial charge on any atom is 0.513 e. The van der Waals surface area contributed by atoms with Crippen molar-refractivity contribution in [3.63, 3.8) is 0 Å². The van der Waals surface area contributed by atoms with E-state index in [9.17, 15) is 13.6 Å². The highest BCUT2D eigenvalue weighted by Gasteiger charge is 2.26. The molecule has 2 aromatic carbocycles. The summed E-state index contributed by atoms with van der Waals surface area (Å²) >= 11 is 0. The van der Waals surface area contributed by atoms with Crippen LogP contribution in [0.5, 0.6) is 11.6 Å². The topological polar surface area (TPSA) is 95.7 Å². The van der Waals surface area contributed by atoms with E-state index in [1.807, 2.05) is 18.2 Å². The Hall–Kier alpha value is -3.56. The highest BCUT2D eigenvalue weighted by molar-refractivity contribution is 5.90. The molecular weight excluding hydrogens is 492 g/mol. The monoisotopic (exact) mass is 525 g/mol. The predicted octanol–water partition coefficient (Wildman–Crippen LogP) is 5.40. The lowest BCUT2D eigenvalue weighted by Crippen LogP contribution is -2.39. The van der Waals surface area contributed by atoms with Gasteiger partial charge >= 0.3 is 6.16 Å². The smallest absolute Gasteiger partial charge is 0.481 e. The quantitative estimate of drug-likeness (QED) is 0.285. The summed E-state index contributed by atoms with van der Waals surface area (Å²) in [6, 6.07) is 10.9. The number of methoxy groups -OCH3 is 2. The number of nitrogens with two attached hydrogens (primary N) is 1. The van der Waals surface area contributed by atoms with Crippen molar-refractivity contribution in [1.82, 2.24) is 10.3 Å². The second-order valence-electron chi connectivity index (χ2n) is 9.48. The summed E-state index contributed by atoms with van der Waals surface area (Å²) in [4.78, 5) is 16.3. The Bertz CT molecular complexity index is 1290. The van der Waals surface area contributed by atoms with Crippen molar-refractivity contribution in [2.24, 2.45) is 11.7 Å². The number of nitrogens with zero attached hydrogens (tertiary/aromatic N) is 1. The fraction of sp³-hybridized carbons (Fsp3) is 0.379. The van der Waals surface area contributed by atoms with Crippen LogP contribution in [0.3, 0.4) is 0 Å². The minimum absolute atomic E-state index is 0.0598. The normalized spacial score (nSPS) is 18.4. The van der Waals surface area contributed by atoms with Crippen LogP contribution in [-0.2, 0) is 11.2 Å². The van der Waals surface area contributed by atoms with Crippen LogP contribution in [0.1, 0.15) is 36.8 Å². The fourth-order valence-electron chi connectivity index (χ4n) is 4.96. The summed E-state index contributed by atoms with van der Waals surface area (Å²) in [5.41, 5.74) is 8.56. The third kappa shape index (κ3) is 6.85. The number of halogens is 2. The molecule has 3 N–H and O–H groups in total. The van der Waals surface area contributed by atoms with Gasteiger partial charge in [-0.05, 0) is 73.9 Å². The first kappa shape index (κ1) is 27.5. The molecule has 1 heterocycles. The number of rotatable bonds is 9. The molecule has 38 heavy (non-hydrogen) atoms. The van der Waals surface area contributed by atoms with Crippen LogP contribution >= 0.6 is 0 Å². The second kappa shape index (κ2) is 12.8. The number of nitrogens with one attached hydrogen (secondary N) is 1. The first-order valence-corrected chi connectivity index (χ1v) is 12.7. The fourth-order valence-corrected chi connectivity index (χ4v) is 4.96. The van der Waals surface area contributed by atoms with Gasteiger partial charge in [0.15, 0.2) is 0 Å². The summed E-state index contributed by atoms with van der Waals surface area (Å²) in [5, 5.41) is 4.16. The molecule has 1 aliphatic carbocycles. The van der Waals surface area contributed by atoms with Crippen LogP contribution in [0, 0.1) is 17.6 Å². The summed E-state index contributed by atoms with van der Waals surface area (Å²) in [7, 11) is 2.81. The molecule has 4 rings (SSSR count). The number of aromatic nitrogens is 1. The van der Waals surface area contributed by atoms with E-state index < -0.39 is 17.8 Å². The Kier molecular flexibility index (Phi) is 9.25. The minimum Gasteiger partial charge on any atom is -0.481 e. The van der Waals surface area contributed by atoms with Crippen LogP contribution in [0.4, 0.5) is 13.6 Å². The van der Waals surface area contributed by atoms with E-state index in [0.29, 0.717) is 47.5 Å². The number of benzene rings is 2. The van der Waals surface area contributed by atoms with Gasteiger partial charge in [0.2, 0.25) is 5.88 Å². The predicted molar refractivity (Wildman–Crippen MR) is 142 cm³/mol. The second-order valence-corrected chi connectivity index (χ2v) is 9.48. The Labute approximate surface area is 221 Å². The van der Waals surface area contributed by atoms with Crippen LogP contribution in [0.15, 0.2) is 48.5 Å². The first-order valence-electron chi connectivity index (χ1n) is 12.7. The number of pyridine rings is 1. The number of hydrogen-bond donors (Lipinski definition) is 2.